The SMILES string of the molecule is CC(C)c1c(N2c3ccccc3Sc3ccccc32)c(C#N)cc(C#N)c1N1c2ccccc2Sc2ccccc21. The lowest BCUT2D eigenvalue weighted by Crippen LogP contribution is -2.23. The number of anilines is 6. The highest BCUT2D eigenvalue weighted by atomic mass is 32.2. The Hall–Kier alpha value is -4.62. The molecule has 5 aromatic carbocycles. The van der Waals surface area contributed by atoms with E-state index in [-0.39, 0.29) is 5.92 Å². The highest BCUT2D eigenvalue weighted by Crippen LogP contribution is 2.58. The van der Waals surface area contributed by atoms with Gasteiger partial charge in [-0.2, -0.15) is 10.5 Å². The molecule has 0 saturated heterocycles. The van der Waals surface area contributed by atoms with Gasteiger partial charge in [0.25, 0.3) is 0 Å². The van der Waals surface area contributed by atoms with E-state index in [1.807, 2.05) is 24.3 Å². The number of nitriles is 2. The number of para-hydroxylation sites is 4. The third kappa shape index (κ3) is 3.99. The smallest absolute Gasteiger partial charge is 0.101 e. The normalized spacial score (nSPS) is 13.0. The minimum absolute atomic E-state index is 0.00297. The van der Waals surface area contributed by atoms with Crippen LogP contribution in [0.1, 0.15) is 36.5 Å². The molecule has 6 heteroatoms. The zero-order valence-corrected chi connectivity index (χ0v) is 24.1. The summed E-state index contributed by atoms with van der Waals surface area (Å²) < 4.78 is 0. The molecule has 0 fully saturated rings. The van der Waals surface area contributed by atoms with Crippen molar-refractivity contribution in [2.24, 2.45) is 0 Å². The standard InChI is InChI=1S/C35H24N4S2/c1-22(2)33-34(38-25-11-3-7-15-29(25)40-30-16-8-4-12-26(30)38)23(20-36)19-24(21-37)35(33)39-27-13-5-9-17-31(27)41-32-18-10-6-14-28(32)39/h3-19,22H,1-2H3. The topological polar surface area (TPSA) is 54.1 Å². The number of benzene rings is 5. The molecule has 0 spiro atoms. The van der Waals surface area contributed by atoms with Crippen LogP contribution in [0.5, 0.6) is 0 Å². The van der Waals surface area contributed by atoms with Crippen LogP contribution in [-0.2, 0) is 0 Å². The first-order valence-corrected chi connectivity index (χ1v) is 15.1. The van der Waals surface area contributed by atoms with Crippen molar-refractivity contribution in [2.75, 3.05) is 9.80 Å². The molecule has 2 aliphatic rings. The molecule has 0 aromatic heterocycles. The summed E-state index contributed by atoms with van der Waals surface area (Å²) in [5.74, 6) is 0.00297. The molecule has 0 unspecified atom stereocenters. The van der Waals surface area contributed by atoms with E-state index in [9.17, 15) is 10.5 Å². The van der Waals surface area contributed by atoms with Crippen LogP contribution in [0.2, 0.25) is 0 Å². The Morgan fingerprint density at radius 3 is 1.15 bits per heavy atom. The second kappa shape index (κ2) is 10.1. The maximum Gasteiger partial charge on any atom is 0.101 e. The largest absolute Gasteiger partial charge is 0.307 e. The van der Waals surface area contributed by atoms with Crippen LogP contribution < -0.4 is 9.80 Å². The molecule has 0 radical (unpaired) electrons. The Labute approximate surface area is 248 Å². The highest BCUT2D eigenvalue weighted by Gasteiger charge is 2.35. The monoisotopic (exact) mass is 564 g/mol. The van der Waals surface area contributed by atoms with E-state index in [1.165, 1.54) is 0 Å². The summed E-state index contributed by atoms with van der Waals surface area (Å²) in [6, 6.07) is 40.1. The van der Waals surface area contributed by atoms with E-state index in [0.29, 0.717) is 11.1 Å². The summed E-state index contributed by atoms with van der Waals surface area (Å²) in [4.78, 5) is 8.97. The van der Waals surface area contributed by atoms with E-state index < -0.39 is 0 Å². The van der Waals surface area contributed by atoms with Crippen molar-refractivity contribution < 1.29 is 0 Å². The van der Waals surface area contributed by atoms with Crippen molar-refractivity contribution >= 4 is 57.6 Å². The van der Waals surface area contributed by atoms with Crippen LogP contribution in [0.4, 0.5) is 34.1 Å². The molecule has 5 aromatic rings. The van der Waals surface area contributed by atoms with E-state index in [0.717, 1.165) is 59.3 Å². The highest BCUT2D eigenvalue weighted by molar-refractivity contribution is 8.00. The predicted octanol–water partition coefficient (Wildman–Crippen LogP) is 10.4. The Kier molecular flexibility index (Phi) is 6.24. The first-order chi connectivity index (χ1) is 20.1. The first-order valence-electron chi connectivity index (χ1n) is 13.4. The quantitative estimate of drug-likeness (QED) is 0.213. The maximum absolute atomic E-state index is 10.6. The summed E-state index contributed by atoms with van der Waals surface area (Å²) in [5, 5.41) is 21.2. The molecule has 0 amide bonds. The molecule has 0 atom stereocenters. The molecule has 41 heavy (non-hydrogen) atoms. The maximum atomic E-state index is 10.6. The summed E-state index contributed by atoms with van der Waals surface area (Å²) in [5.41, 5.74) is 7.70. The van der Waals surface area contributed by atoms with Gasteiger partial charge in [0.15, 0.2) is 0 Å². The molecule has 0 bridgehead atoms. The van der Waals surface area contributed by atoms with Gasteiger partial charge >= 0.3 is 0 Å². The molecule has 196 valence electrons. The van der Waals surface area contributed by atoms with E-state index in [1.54, 1.807) is 29.6 Å². The number of rotatable bonds is 3. The number of fused-ring (bicyclic) bond motifs is 4. The van der Waals surface area contributed by atoms with Crippen molar-refractivity contribution in [2.45, 2.75) is 39.3 Å². The third-order valence-electron chi connectivity index (χ3n) is 7.44. The minimum Gasteiger partial charge on any atom is -0.307 e. The predicted molar refractivity (Wildman–Crippen MR) is 168 cm³/mol. The summed E-state index contributed by atoms with van der Waals surface area (Å²) in [6.45, 7) is 4.30. The van der Waals surface area contributed by atoms with Crippen molar-refractivity contribution in [1.29, 1.82) is 10.5 Å². The van der Waals surface area contributed by atoms with Crippen LogP contribution in [0.3, 0.4) is 0 Å². The fraction of sp³-hybridized carbons (Fsp3) is 0.0857. The van der Waals surface area contributed by atoms with Gasteiger partial charge in [0.1, 0.15) is 12.1 Å². The zero-order chi connectivity index (χ0) is 28.1. The third-order valence-corrected chi connectivity index (χ3v) is 9.70. The molecule has 0 N–H and O–H groups in total. The molecule has 0 aliphatic carbocycles. The van der Waals surface area contributed by atoms with Gasteiger partial charge in [0.05, 0.1) is 45.3 Å². The first kappa shape index (κ1) is 25.4. The fourth-order valence-electron chi connectivity index (χ4n) is 5.77. The molecular formula is C35H24N4S2. The Morgan fingerprint density at radius 1 is 0.537 bits per heavy atom. The van der Waals surface area contributed by atoms with Gasteiger partial charge in [0.2, 0.25) is 0 Å². The average Bonchev–Trinajstić information content (AvgIpc) is 3.01. The average molecular weight is 565 g/mol. The minimum atomic E-state index is 0.00297. The molecular weight excluding hydrogens is 541 g/mol. The van der Waals surface area contributed by atoms with Crippen LogP contribution >= 0.6 is 23.5 Å². The Morgan fingerprint density at radius 2 is 0.854 bits per heavy atom. The van der Waals surface area contributed by atoms with Gasteiger partial charge in [-0.05, 0) is 60.5 Å². The van der Waals surface area contributed by atoms with E-state index in [4.69, 9.17) is 0 Å². The van der Waals surface area contributed by atoms with Crippen LogP contribution in [0.25, 0.3) is 0 Å². The van der Waals surface area contributed by atoms with Crippen molar-refractivity contribution in [3.8, 4) is 12.1 Å². The van der Waals surface area contributed by atoms with Crippen molar-refractivity contribution in [3.05, 3.63) is 120 Å². The fourth-order valence-corrected chi connectivity index (χ4v) is 7.89. The lowest BCUT2D eigenvalue weighted by molar-refractivity contribution is 0.858. The van der Waals surface area contributed by atoms with Gasteiger partial charge in [0, 0.05) is 25.1 Å². The Bertz CT molecular complexity index is 1710. The van der Waals surface area contributed by atoms with Crippen molar-refractivity contribution in [3.63, 3.8) is 0 Å². The molecule has 4 nitrogen and oxygen atoms in total. The Balaban J connectivity index is 1.62. The number of hydrogen-bond acceptors (Lipinski definition) is 6. The van der Waals surface area contributed by atoms with Crippen LogP contribution in [-0.4, -0.2) is 0 Å². The van der Waals surface area contributed by atoms with E-state index >= 15 is 0 Å². The number of hydrogen-bond donors (Lipinski definition) is 0. The number of nitrogens with zero attached hydrogens (tertiary/aromatic N) is 4. The van der Waals surface area contributed by atoms with Crippen molar-refractivity contribution in [1.82, 2.24) is 0 Å². The molecule has 2 aliphatic heterocycles. The summed E-state index contributed by atoms with van der Waals surface area (Å²) in [7, 11) is 0. The van der Waals surface area contributed by atoms with Crippen LogP contribution in [0.15, 0.2) is 123 Å². The van der Waals surface area contributed by atoms with Gasteiger partial charge in [-0.25, -0.2) is 0 Å². The summed E-state index contributed by atoms with van der Waals surface area (Å²) in [6.07, 6.45) is 0. The zero-order valence-electron chi connectivity index (χ0n) is 22.5. The van der Waals surface area contributed by atoms with E-state index in [2.05, 4.69) is 109 Å². The second-order valence-electron chi connectivity index (χ2n) is 10.2. The second-order valence-corrected chi connectivity index (χ2v) is 12.4. The molecule has 0 saturated carbocycles. The lowest BCUT2D eigenvalue weighted by Gasteiger charge is -2.39. The van der Waals surface area contributed by atoms with Gasteiger partial charge in [-0.15, -0.1) is 0 Å². The summed E-state index contributed by atoms with van der Waals surface area (Å²) >= 11 is 3.48. The van der Waals surface area contributed by atoms with Crippen LogP contribution in [0, 0.1) is 22.7 Å². The van der Waals surface area contributed by atoms with Gasteiger partial charge in [-0.3, -0.25) is 0 Å². The molecule has 7 rings (SSSR count). The molecule has 2 heterocycles. The van der Waals surface area contributed by atoms with Gasteiger partial charge in [-0.1, -0.05) is 85.9 Å². The van der Waals surface area contributed by atoms with Gasteiger partial charge < -0.3 is 9.80 Å². The lowest BCUT2D eigenvalue weighted by atomic mass is 9.90.